The predicted octanol–water partition coefficient (Wildman–Crippen LogP) is 3.32. The van der Waals surface area contributed by atoms with Gasteiger partial charge in [-0.15, -0.1) is 0 Å². The lowest BCUT2D eigenvalue weighted by Crippen LogP contribution is -2.25. The second kappa shape index (κ2) is 8.41. The molecule has 0 fully saturated rings. The van der Waals surface area contributed by atoms with Gasteiger partial charge >= 0.3 is 5.97 Å². The van der Waals surface area contributed by atoms with Crippen molar-refractivity contribution >= 4 is 35.2 Å². The summed E-state index contributed by atoms with van der Waals surface area (Å²) in [5, 5.41) is 7.33. The van der Waals surface area contributed by atoms with E-state index in [2.05, 4.69) is 46.2 Å². The molecule has 0 atom stereocenters. The fourth-order valence-electron chi connectivity index (χ4n) is 2.74. The molecule has 3 rings (SSSR count). The molecule has 0 aromatic heterocycles. The first-order valence-electron chi connectivity index (χ1n) is 8.17. The highest BCUT2D eigenvalue weighted by molar-refractivity contribution is 7.87. The van der Waals surface area contributed by atoms with Gasteiger partial charge in [0.1, 0.15) is 6.21 Å². The highest BCUT2D eigenvalue weighted by Crippen LogP contribution is 2.46. The lowest BCUT2D eigenvalue weighted by Gasteiger charge is -2.25. The van der Waals surface area contributed by atoms with E-state index >= 15 is 0 Å². The van der Waals surface area contributed by atoms with E-state index in [9.17, 15) is 4.79 Å². The van der Waals surface area contributed by atoms with Gasteiger partial charge in [0.2, 0.25) is 0 Å². The second-order valence-corrected chi connectivity index (χ2v) is 8.50. The Morgan fingerprint density at radius 3 is 1.50 bits per heavy atom. The molecule has 4 nitrogen and oxygen atoms in total. The Morgan fingerprint density at radius 2 is 1.15 bits per heavy atom. The van der Waals surface area contributed by atoms with Crippen LogP contribution in [0, 0.1) is 0 Å². The molecule has 0 saturated carbocycles. The molecule has 5 heteroatoms. The zero-order valence-electron chi connectivity index (χ0n) is 14.4. The highest BCUT2D eigenvalue weighted by atomic mass is 31.2. The fourth-order valence-corrected chi connectivity index (χ4v) is 5.96. The zero-order chi connectivity index (χ0) is 18.2. The zero-order valence-corrected chi connectivity index (χ0v) is 15.3. The maximum atomic E-state index is 11.5. The number of methoxy groups -OCH3 is 1. The molecule has 0 spiro atoms. The maximum absolute atomic E-state index is 11.5. The van der Waals surface area contributed by atoms with Crippen LogP contribution >= 0.6 is 7.05 Å². The number of ether oxygens (including phenoxy) is 1. The van der Waals surface area contributed by atoms with Crippen molar-refractivity contribution in [1.82, 2.24) is 0 Å². The van der Waals surface area contributed by atoms with Crippen LogP contribution in [0.2, 0.25) is 0 Å². The predicted molar refractivity (Wildman–Crippen MR) is 108 cm³/mol. The fraction of sp³-hybridized carbons (Fsp3) is 0.0476. The number of benzene rings is 3. The average molecular weight is 362 g/mol. The van der Waals surface area contributed by atoms with Crippen molar-refractivity contribution in [3.8, 4) is 0 Å². The van der Waals surface area contributed by atoms with Crippen molar-refractivity contribution in [3.05, 3.63) is 91.0 Å². The summed E-state index contributed by atoms with van der Waals surface area (Å²) in [6.07, 6.45) is 1.11. The molecular formula is C21H19N2O2P. The van der Waals surface area contributed by atoms with Crippen LogP contribution in [-0.2, 0) is 9.53 Å². The second-order valence-electron chi connectivity index (χ2n) is 5.50. The van der Waals surface area contributed by atoms with Crippen molar-refractivity contribution in [1.29, 1.82) is 0 Å². The topological polar surface area (TPSA) is 51.0 Å². The molecule has 0 N–H and O–H groups in total. The lowest BCUT2D eigenvalue weighted by atomic mass is 10.4. The number of rotatable bonds is 5. The smallest absolute Gasteiger partial charge is 0.351 e. The number of carbonyl (C=O) groups is 1. The third-order valence-electron chi connectivity index (χ3n) is 3.94. The number of nitrogens with zero attached hydrogens (tertiary/aromatic N) is 2. The van der Waals surface area contributed by atoms with Crippen molar-refractivity contribution in [2.45, 2.75) is 0 Å². The third-order valence-corrected chi connectivity index (χ3v) is 7.45. The van der Waals surface area contributed by atoms with E-state index < -0.39 is 13.0 Å². The minimum absolute atomic E-state index is 0.527. The van der Waals surface area contributed by atoms with E-state index in [0.29, 0.717) is 0 Å². The van der Waals surface area contributed by atoms with Crippen LogP contribution in [0.25, 0.3) is 0 Å². The van der Waals surface area contributed by atoms with Gasteiger partial charge in [-0.05, 0) is 0 Å². The van der Waals surface area contributed by atoms with Crippen LogP contribution < -0.4 is 15.9 Å². The Labute approximate surface area is 153 Å². The van der Waals surface area contributed by atoms with Gasteiger partial charge in [0.25, 0.3) is 0 Å². The number of hydrogen-bond donors (Lipinski definition) is 0. The van der Waals surface area contributed by atoms with Crippen LogP contribution in [0.15, 0.2) is 101 Å². The molecule has 3 aromatic carbocycles. The normalized spacial score (nSPS) is 11.3. The van der Waals surface area contributed by atoms with E-state index in [-0.39, 0.29) is 0 Å². The van der Waals surface area contributed by atoms with Crippen LogP contribution in [0.5, 0.6) is 0 Å². The van der Waals surface area contributed by atoms with Crippen LogP contribution in [0.4, 0.5) is 0 Å². The summed E-state index contributed by atoms with van der Waals surface area (Å²) in [5.41, 5.74) is 0. The summed E-state index contributed by atoms with van der Waals surface area (Å²) < 4.78 is 4.65. The summed E-state index contributed by atoms with van der Waals surface area (Å²) in [5.74, 6) is -0.527. The van der Waals surface area contributed by atoms with Crippen molar-refractivity contribution in [3.63, 3.8) is 0 Å². The molecule has 0 radical (unpaired) electrons. The highest BCUT2D eigenvalue weighted by Gasteiger charge is 2.27. The van der Waals surface area contributed by atoms with Crippen LogP contribution in [0.1, 0.15) is 0 Å². The average Bonchev–Trinajstić information content (AvgIpc) is 2.73. The summed E-state index contributed by atoms with van der Waals surface area (Å²) in [6, 6.07) is 30.3. The summed E-state index contributed by atoms with van der Waals surface area (Å²) in [4.78, 5) is 16.2. The van der Waals surface area contributed by atoms with Gasteiger partial charge in [-0.2, -0.15) is 9.96 Å². The third kappa shape index (κ3) is 3.66. The van der Waals surface area contributed by atoms with Crippen molar-refractivity contribution in [2.24, 2.45) is 9.96 Å². The van der Waals surface area contributed by atoms with E-state index in [4.69, 9.17) is 4.85 Å². The SMILES string of the molecule is COC(=O)/C=N/N=P(c1ccccc1)(c1ccccc1)c1ccccc1. The van der Waals surface area contributed by atoms with Gasteiger partial charge in [0.15, 0.2) is 0 Å². The van der Waals surface area contributed by atoms with Gasteiger partial charge < -0.3 is 4.74 Å². The van der Waals surface area contributed by atoms with E-state index in [0.717, 1.165) is 22.1 Å². The Hall–Kier alpha value is -2.97. The van der Waals surface area contributed by atoms with Gasteiger partial charge in [-0.3, -0.25) is 0 Å². The molecule has 0 aliphatic rings. The van der Waals surface area contributed by atoms with E-state index in [1.165, 1.54) is 7.11 Å². The molecule has 0 saturated heterocycles. The molecule has 0 aliphatic carbocycles. The molecule has 3 aromatic rings. The first-order chi connectivity index (χ1) is 12.8. The molecule has 0 aliphatic heterocycles. The quantitative estimate of drug-likeness (QED) is 0.303. The van der Waals surface area contributed by atoms with Crippen LogP contribution in [-0.4, -0.2) is 19.3 Å². The Bertz CT molecular complexity index is 836. The van der Waals surface area contributed by atoms with Crippen molar-refractivity contribution in [2.75, 3.05) is 7.11 Å². The molecule has 0 unspecified atom stereocenters. The summed E-state index contributed by atoms with van der Waals surface area (Å²) in [7, 11) is -1.08. The van der Waals surface area contributed by atoms with Crippen LogP contribution in [0.3, 0.4) is 0 Å². The molecule has 0 bridgehead atoms. The monoisotopic (exact) mass is 362 g/mol. The Morgan fingerprint density at radius 1 is 0.769 bits per heavy atom. The van der Waals surface area contributed by atoms with Gasteiger partial charge in [-0.1, -0.05) is 91.0 Å². The van der Waals surface area contributed by atoms with Crippen molar-refractivity contribution < 1.29 is 9.53 Å². The Kier molecular flexibility index (Phi) is 5.77. The lowest BCUT2D eigenvalue weighted by molar-refractivity contribution is -0.132. The maximum Gasteiger partial charge on any atom is 0.351 e. The van der Waals surface area contributed by atoms with E-state index in [1.54, 1.807) is 0 Å². The first kappa shape index (κ1) is 17.8. The van der Waals surface area contributed by atoms with Gasteiger partial charge in [0.05, 0.1) is 14.2 Å². The number of esters is 1. The minimum Gasteiger partial charge on any atom is -0.465 e. The largest absolute Gasteiger partial charge is 0.465 e. The standard InChI is InChI=1S/C21H19N2O2P/c1-25-21(24)17-22-23-26(18-11-5-2-6-12-18,19-13-7-3-8-14-19)20-15-9-4-10-16-20/h2-17H,1H3/b22-17+. The number of carbonyl (C=O) groups excluding carboxylic acids is 1. The van der Waals surface area contributed by atoms with Gasteiger partial charge in [-0.25, -0.2) is 4.79 Å². The Balaban J connectivity index is 2.34. The first-order valence-corrected chi connectivity index (χ1v) is 9.91. The molecule has 130 valence electrons. The van der Waals surface area contributed by atoms with Gasteiger partial charge in [0, 0.05) is 15.9 Å². The van der Waals surface area contributed by atoms with E-state index in [1.807, 2.05) is 54.6 Å². The summed E-state index contributed by atoms with van der Waals surface area (Å²) in [6.45, 7) is 0. The molecular weight excluding hydrogens is 343 g/mol. The molecule has 0 amide bonds. The minimum atomic E-state index is -2.40. The summed E-state index contributed by atoms with van der Waals surface area (Å²) >= 11 is 0. The molecule has 0 heterocycles. The number of hydrogen-bond acceptors (Lipinski definition) is 3. The molecule has 26 heavy (non-hydrogen) atoms.